The summed E-state index contributed by atoms with van der Waals surface area (Å²) in [6, 6.07) is 9.62. The normalized spacial score (nSPS) is 12.7. The summed E-state index contributed by atoms with van der Waals surface area (Å²) < 4.78 is 31.7. The molecule has 0 aliphatic heterocycles. The predicted molar refractivity (Wildman–Crippen MR) is 83.5 cm³/mol. The standard InChI is InChI=1S/C15H16N2O4S/c1-3-15(21-2)13-9-10-17(14(13)11-16-18)22(19,20)12-7-5-4-6-8-12/h3-11,18H,1-2H3/b15-3+,16-11+. The second-order valence-corrected chi connectivity index (χ2v) is 6.15. The third-order valence-corrected chi connectivity index (χ3v) is 4.82. The summed E-state index contributed by atoms with van der Waals surface area (Å²) in [5, 5.41) is 11.8. The van der Waals surface area contributed by atoms with E-state index in [0.29, 0.717) is 11.3 Å². The number of hydrogen-bond donors (Lipinski definition) is 1. The Morgan fingerprint density at radius 2 is 1.95 bits per heavy atom. The number of ether oxygens (including phenoxy) is 1. The van der Waals surface area contributed by atoms with Crippen LogP contribution >= 0.6 is 0 Å². The van der Waals surface area contributed by atoms with Gasteiger partial charge in [-0.05, 0) is 31.2 Å². The second-order valence-electron chi connectivity index (χ2n) is 4.33. The van der Waals surface area contributed by atoms with E-state index in [2.05, 4.69) is 5.16 Å². The molecule has 1 N–H and O–H groups in total. The highest BCUT2D eigenvalue weighted by atomic mass is 32.2. The predicted octanol–water partition coefficient (Wildman–Crippen LogP) is 2.54. The zero-order chi connectivity index (χ0) is 16.2. The highest BCUT2D eigenvalue weighted by Crippen LogP contribution is 2.24. The SMILES string of the molecule is C/C=C(/OC)c1ccn(S(=O)(=O)c2ccccc2)c1/C=N/O. The minimum Gasteiger partial charge on any atom is -0.496 e. The Morgan fingerprint density at radius 3 is 2.50 bits per heavy atom. The fourth-order valence-electron chi connectivity index (χ4n) is 2.12. The van der Waals surface area contributed by atoms with Crippen molar-refractivity contribution in [2.45, 2.75) is 11.8 Å². The molecule has 116 valence electrons. The minimum atomic E-state index is -3.79. The molecule has 0 aliphatic carbocycles. The van der Waals surface area contributed by atoms with Crippen molar-refractivity contribution in [3.8, 4) is 0 Å². The van der Waals surface area contributed by atoms with Gasteiger partial charge in [-0.2, -0.15) is 0 Å². The highest BCUT2D eigenvalue weighted by Gasteiger charge is 2.22. The van der Waals surface area contributed by atoms with Crippen LogP contribution in [-0.2, 0) is 14.8 Å². The van der Waals surface area contributed by atoms with Crippen molar-refractivity contribution in [3.63, 3.8) is 0 Å². The lowest BCUT2D eigenvalue weighted by atomic mass is 10.2. The van der Waals surface area contributed by atoms with Gasteiger partial charge in [0.2, 0.25) is 0 Å². The quantitative estimate of drug-likeness (QED) is 0.397. The van der Waals surface area contributed by atoms with E-state index >= 15 is 0 Å². The summed E-state index contributed by atoms with van der Waals surface area (Å²) in [6.07, 6.45) is 4.17. The van der Waals surface area contributed by atoms with Gasteiger partial charge in [-0.3, -0.25) is 0 Å². The average molecular weight is 320 g/mol. The fraction of sp³-hybridized carbons (Fsp3) is 0.133. The maximum Gasteiger partial charge on any atom is 0.268 e. The topological polar surface area (TPSA) is 80.9 Å². The van der Waals surface area contributed by atoms with Crippen LogP contribution in [0.15, 0.2) is 58.7 Å². The maximum atomic E-state index is 12.7. The first-order chi connectivity index (χ1) is 10.6. The van der Waals surface area contributed by atoms with Crippen LogP contribution in [0.2, 0.25) is 0 Å². The van der Waals surface area contributed by atoms with E-state index in [1.165, 1.54) is 25.4 Å². The molecule has 0 saturated heterocycles. The Balaban J connectivity index is 2.67. The first kappa shape index (κ1) is 15.8. The molecule has 0 atom stereocenters. The van der Waals surface area contributed by atoms with Crippen LogP contribution < -0.4 is 0 Å². The molecule has 6 nitrogen and oxygen atoms in total. The summed E-state index contributed by atoms with van der Waals surface area (Å²) >= 11 is 0. The van der Waals surface area contributed by atoms with Gasteiger partial charge >= 0.3 is 0 Å². The van der Waals surface area contributed by atoms with E-state index in [-0.39, 0.29) is 10.6 Å². The van der Waals surface area contributed by atoms with Crippen molar-refractivity contribution >= 4 is 22.0 Å². The van der Waals surface area contributed by atoms with E-state index in [9.17, 15) is 8.42 Å². The number of aromatic nitrogens is 1. The zero-order valence-electron chi connectivity index (χ0n) is 12.2. The number of allylic oxidation sites excluding steroid dienone is 1. The molecule has 0 aliphatic rings. The number of hydrogen-bond acceptors (Lipinski definition) is 5. The van der Waals surface area contributed by atoms with E-state index in [1.54, 1.807) is 37.3 Å². The van der Waals surface area contributed by atoms with Gasteiger partial charge in [0.05, 0.1) is 23.9 Å². The van der Waals surface area contributed by atoms with Crippen LogP contribution in [0.3, 0.4) is 0 Å². The summed E-state index contributed by atoms with van der Waals surface area (Å²) in [5.41, 5.74) is 0.726. The summed E-state index contributed by atoms with van der Waals surface area (Å²) in [6.45, 7) is 1.77. The van der Waals surface area contributed by atoms with Crippen molar-refractivity contribution in [1.82, 2.24) is 3.97 Å². The van der Waals surface area contributed by atoms with E-state index in [4.69, 9.17) is 9.94 Å². The molecule has 2 rings (SSSR count). The Labute approximate surface area is 129 Å². The molecule has 0 unspecified atom stereocenters. The molecule has 0 saturated carbocycles. The summed E-state index contributed by atoms with van der Waals surface area (Å²) in [4.78, 5) is 0.143. The molecule has 1 aromatic heterocycles. The third kappa shape index (κ3) is 2.75. The van der Waals surface area contributed by atoms with Gasteiger partial charge in [-0.1, -0.05) is 23.4 Å². The Bertz CT molecular complexity index is 805. The first-order valence-electron chi connectivity index (χ1n) is 6.46. The summed E-state index contributed by atoms with van der Waals surface area (Å²) in [5.74, 6) is 0.483. The minimum absolute atomic E-state index is 0.143. The average Bonchev–Trinajstić information content (AvgIpc) is 2.94. The van der Waals surface area contributed by atoms with Crippen molar-refractivity contribution in [1.29, 1.82) is 0 Å². The van der Waals surface area contributed by atoms with Gasteiger partial charge in [0.1, 0.15) is 5.76 Å². The molecular formula is C15H16N2O4S. The number of oxime groups is 1. The zero-order valence-corrected chi connectivity index (χ0v) is 13.0. The molecule has 0 spiro atoms. The highest BCUT2D eigenvalue weighted by molar-refractivity contribution is 7.90. The van der Waals surface area contributed by atoms with Gasteiger partial charge in [0.25, 0.3) is 10.0 Å². The van der Waals surface area contributed by atoms with Crippen LogP contribution in [0, 0.1) is 0 Å². The molecule has 0 bridgehead atoms. The number of methoxy groups -OCH3 is 1. The smallest absolute Gasteiger partial charge is 0.268 e. The molecule has 0 fully saturated rings. The van der Waals surface area contributed by atoms with Crippen molar-refractivity contribution in [2.24, 2.45) is 5.16 Å². The maximum absolute atomic E-state index is 12.7. The third-order valence-electron chi connectivity index (χ3n) is 3.12. The Kier molecular flexibility index (Phi) is 4.67. The molecule has 22 heavy (non-hydrogen) atoms. The Morgan fingerprint density at radius 1 is 1.27 bits per heavy atom. The van der Waals surface area contributed by atoms with Gasteiger partial charge in [-0.25, -0.2) is 12.4 Å². The molecular weight excluding hydrogens is 304 g/mol. The van der Waals surface area contributed by atoms with Gasteiger partial charge in [0, 0.05) is 11.8 Å². The fourth-order valence-corrected chi connectivity index (χ4v) is 3.47. The van der Waals surface area contributed by atoms with E-state index in [0.717, 1.165) is 10.2 Å². The molecule has 1 heterocycles. The van der Waals surface area contributed by atoms with E-state index < -0.39 is 10.0 Å². The lowest BCUT2D eigenvalue weighted by Crippen LogP contribution is -2.15. The van der Waals surface area contributed by atoms with E-state index in [1.807, 2.05) is 0 Å². The second kappa shape index (κ2) is 6.48. The number of benzene rings is 1. The monoisotopic (exact) mass is 320 g/mol. The largest absolute Gasteiger partial charge is 0.496 e. The molecule has 7 heteroatoms. The number of rotatable bonds is 5. The van der Waals surface area contributed by atoms with Gasteiger partial charge in [-0.15, -0.1) is 0 Å². The molecule has 2 aromatic rings. The Hall–Kier alpha value is -2.54. The van der Waals surface area contributed by atoms with Crippen LogP contribution in [0.4, 0.5) is 0 Å². The van der Waals surface area contributed by atoms with Crippen LogP contribution in [0.25, 0.3) is 5.76 Å². The van der Waals surface area contributed by atoms with Crippen LogP contribution in [0.1, 0.15) is 18.2 Å². The summed E-state index contributed by atoms with van der Waals surface area (Å²) in [7, 11) is -2.31. The van der Waals surface area contributed by atoms with Gasteiger partial charge < -0.3 is 9.94 Å². The van der Waals surface area contributed by atoms with Crippen LogP contribution in [-0.4, -0.2) is 30.9 Å². The molecule has 1 aromatic carbocycles. The lowest BCUT2D eigenvalue weighted by molar-refractivity contribution is 0.321. The lowest BCUT2D eigenvalue weighted by Gasteiger charge is -2.10. The van der Waals surface area contributed by atoms with Crippen LogP contribution in [0.5, 0.6) is 0 Å². The van der Waals surface area contributed by atoms with Crippen molar-refractivity contribution in [3.05, 3.63) is 59.9 Å². The molecule has 0 amide bonds. The van der Waals surface area contributed by atoms with Crippen molar-refractivity contribution in [2.75, 3.05) is 7.11 Å². The van der Waals surface area contributed by atoms with Crippen molar-refractivity contribution < 1.29 is 18.4 Å². The first-order valence-corrected chi connectivity index (χ1v) is 7.90. The van der Waals surface area contributed by atoms with Gasteiger partial charge in [0.15, 0.2) is 0 Å². The molecule has 0 radical (unpaired) electrons. The number of nitrogens with zero attached hydrogens (tertiary/aromatic N) is 2.